The molecule has 0 bridgehead atoms. The number of carbonyl (C=O) groups is 1. The highest BCUT2D eigenvalue weighted by molar-refractivity contribution is 8.14. The van der Waals surface area contributed by atoms with Crippen LogP contribution in [0.1, 0.15) is 24.2 Å². The van der Waals surface area contributed by atoms with Crippen LogP contribution in [0.15, 0.2) is 29.3 Å². The topological polar surface area (TPSA) is 66.4 Å². The summed E-state index contributed by atoms with van der Waals surface area (Å²) >= 11 is 1.58. The van der Waals surface area contributed by atoms with Crippen molar-refractivity contribution in [3.63, 3.8) is 0 Å². The first-order chi connectivity index (χ1) is 13.2. The summed E-state index contributed by atoms with van der Waals surface area (Å²) in [6.07, 6.45) is 0. The van der Waals surface area contributed by atoms with E-state index in [1.807, 2.05) is 26.0 Å². The second-order valence-corrected chi connectivity index (χ2v) is 7.53. The second kappa shape index (κ2) is 9.16. The molecule has 3 rings (SSSR count). The van der Waals surface area contributed by atoms with E-state index in [1.165, 1.54) is 0 Å². The normalized spacial score (nSPS) is 28.5. The number of amidine groups is 1. The molecule has 8 heteroatoms. The van der Waals surface area contributed by atoms with Gasteiger partial charge in [0.05, 0.1) is 30.6 Å². The van der Waals surface area contributed by atoms with Crippen molar-refractivity contribution in [1.82, 2.24) is 0 Å². The van der Waals surface area contributed by atoms with Crippen molar-refractivity contribution < 1.29 is 28.5 Å². The van der Waals surface area contributed by atoms with Crippen LogP contribution in [0.25, 0.3) is 0 Å². The second-order valence-electron chi connectivity index (χ2n) is 6.32. The summed E-state index contributed by atoms with van der Waals surface area (Å²) in [4.78, 5) is 23.6. The Bertz CT molecular complexity index is 698. The number of para-hydroxylation sites is 1. The van der Waals surface area contributed by atoms with Gasteiger partial charge in [0.15, 0.2) is 6.04 Å². The van der Waals surface area contributed by atoms with Gasteiger partial charge in [-0.15, -0.1) is 9.64 Å². The number of nitrogens with zero attached hydrogens (tertiary/aromatic N) is 2. The monoisotopic (exact) mass is 395 g/mol. The lowest BCUT2D eigenvalue weighted by Gasteiger charge is -2.34. The van der Waals surface area contributed by atoms with Gasteiger partial charge in [0.2, 0.25) is 0 Å². The van der Waals surface area contributed by atoms with Gasteiger partial charge in [-0.05, 0) is 37.7 Å². The van der Waals surface area contributed by atoms with Crippen LogP contribution in [0.5, 0.6) is 5.75 Å². The summed E-state index contributed by atoms with van der Waals surface area (Å²) in [5.41, 5.74) is 0.460. The minimum absolute atomic E-state index is 0.110. The van der Waals surface area contributed by atoms with E-state index < -0.39 is 0 Å². The highest BCUT2D eigenvalue weighted by Gasteiger charge is 2.59. The average molecular weight is 396 g/mol. The Labute approximate surface area is 164 Å². The molecule has 2 aliphatic rings. The molecular weight excluding hydrogens is 368 g/mol. The predicted molar refractivity (Wildman–Crippen MR) is 104 cm³/mol. The molecule has 0 saturated carbocycles. The lowest BCUT2D eigenvalue weighted by atomic mass is 10.2. The molecule has 2 aliphatic heterocycles. The van der Waals surface area contributed by atoms with Crippen LogP contribution in [0.2, 0.25) is 0 Å². The first-order valence-corrected chi connectivity index (χ1v) is 10.1. The molecule has 1 amide bonds. The molecule has 7 nitrogen and oxygen atoms in total. The fourth-order valence-corrected chi connectivity index (χ4v) is 4.97. The molecule has 3 unspecified atom stereocenters. The number of hydrogen-bond donors (Lipinski definition) is 0. The number of carbonyl (C=O) groups excluding carboxylic acids is 1. The molecule has 2 saturated heterocycles. The zero-order chi connectivity index (χ0) is 19.3. The maximum atomic E-state index is 13.0. The van der Waals surface area contributed by atoms with Crippen LogP contribution in [-0.2, 0) is 14.3 Å². The van der Waals surface area contributed by atoms with Crippen molar-refractivity contribution in [3.8, 4) is 5.75 Å². The van der Waals surface area contributed by atoms with Gasteiger partial charge in [-0.25, -0.2) is 0 Å². The van der Waals surface area contributed by atoms with E-state index in [0.29, 0.717) is 56.1 Å². The molecule has 3 atom stereocenters. The quantitative estimate of drug-likeness (QED) is 0.630. The highest BCUT2D eigenvalue weighted by Crippen LogP contribution is 2.42. The Morgan fingerprint density at radius 3 is 2.85 bits per heavy atom. The van der Waals surface area contributed by atoms with E-state index in [-0.39, 0.29) is 21.8 Å². The minimum Gasteiger partial charge on any atom is -0.493 e. The zero-order valence-electron chi connectivity index (χ0n) is 16.1. The Hall–Kier alpha value is -1.45. The molecule has 2 fully saturated rings. The summed E-state index contributed by atoms with van der Waals surface area (Å²) in [6, 6.07) is 7.30. The van der Waals surface area contributed by atoms with Crippen molar-refractivity contribution in [3.05, 3.63) is 29.8 Å². The van der Waals surface area contributed by atoms with Gasteiger partial charge in [0.1, 0.15) is 25.5 Å². The van der Waals surface area contributed by atoms with Crippen LogP contribution in [-0.4, -0.2) is 73.7 Å². The molecule has 27 heavy (non-hydrogen) atoms. The summed E-state index contributed by atoms with van der Waals surface area (Å²) in [5.74, 6) is 0.231. The van der Waals surface area contributed by atoms with E-state index >= 15 is 0 Å². The Kier molecular flexibility index (Phi) is 6.88. The van der Waals surface area contributed by atoms with Crippen LogP contribution in [0.3, 0.4) is 0 Å². The minimum atomic E-state index is -0.318. The summed E-state index contributed by atoms with van der Waals surface area (Å²) in [5, 5.41) is 0.894. The van der Waals surface area contributed by atoms with Crippen molar-refractivity contribution in [2.45, 2.75) is 25.1 Å². The number of aliphatic imine (C=N–C) groups is 1. The third-order valence-corrected chi connectivity index (χ3v) is 6.08. The number of methoxy groups -OCH3 is 1. The van der Waals surface area contributed by atoms with Crippen molar-refractivity contribution in [2.75, 3.05) is 46.7 Å². The first kappa shape index (κ1) is 20.3. The van der Waals surface area contributed by atoms with Gasteiger partial charge in [-0.3, -0.25) is 4.79 Å². The number of quaternary nitrogens is 1. The molecule has 0 spiro atoms. The molecule has 1 aromatic rings. The predicted octanol–water partition coefficient (Wildman–Crippen LogP) is 2.51. The molecule has 0 radical (unpaired) electrons. The number of rotatable bonds is 8. The smallest absolute Gasteiger partial charge is 0.301 e. The molecule has 1 aromatic carbocycles. The van der Waals surface area contributed by atoms with Gasteiger partial charge in [-0.2, -0.15) is 4.84 Å². The molecular formula is C19H27N2O5S+. The van der Waals surface area contributed by atoms with Crippen molar-refractivity contribution in [1.29, 1.82) is 0 Å². The van der Waals surface area contributed by atoms with Crippen molar-refractivity contribution >= 4 is 22.8 Å². The average Bonchev–Trinajstić information content (AvgIpc) is 3.23. The Morgan fingerprint density at radius 1 is 1.30 bits per heavy atom. The lowest BCUT2D eigenvalue weighted by Crippen LogP contribution is -2.58. The lowest BCUT2D eigenvalue weighted by molar-refractivity contribution is -1.05. The molecule has 0 N–H and O–H groups in total. The maximum absolute atomic E-state index is 13.0. The SMILES string of the molecule is CCOc1ccccc1C(=O)N=C1SC2COCC2[N+]1(CCOC)OCC. The number of hydrogen-bond acceptors (Lipinski definition) is 6. The molecule has 0 aromatic heterocycles. The number of hydroxylamine groups is 3. The number of ether oxygens (including phenoxy) is 3. The van der Waals surface area contributed by atoms with Gasteiger partial charge in [-0.1, -0.05) is 12.1 Å². The number of benzene rings is 1. The van der Waals surface area contributed by atoms with E-state index in [2.05, 4.69) is 4.99 Å². The van der Waals surface area contributed by atoms with Crippen molar-refractivity contribution in [2.24, 2.45) is 4.99 Å². The van der Waals surface area contributed by atoms with Crippen LogP contribution < -0.4 is 4.74 Å². The summed E-state index contributed by atoms with van der Waals surface area (Å²) in [7, 11) is 1.66. The Morgan fingerprint density at radius 2 is 2.11 bits per heavy atom. The standard InChI is InChI=1S/C19H27N2O5S/c1-4-25-16-9-7-6-8-14(16)18(22)20-19-21(26-5-2,10-11-23-3)15-12-24-13-17(15)27-19/h6-9,15,17H,4-5,10-13H2,1-3H3/q+1. The fraction of sp³-hybridized carbons (Fsp3) is 0.579. The molecule has 148 valence electrons. The maximum Gasteiger partial charge on any atom is 0.301 e. The van der Waals surface area contributed by atoms with Gasteiger partial charge < -0.3 is 14.2 Å². The van der Waals surface area contributed by atoms with E-state index in [9.17, 15) is 4.79 Å². The van der Waals surface area contributed by atoms with E-state index in [4.69, 9.17) is 19.0 Å². The first-order valence-electron chi connectivity index (χ1n) is 9.27. The fourth-order valence-electron chi connectivity index (χ4n) is 3.51. The third kappa shape index (κ3) is 4.05. The van der Waals surface area contributed by atoms with Crippen LogP contribution >= 0.6 is 11.8 Å². The number of thioether (sulfide) groups is 1. The summed E-state index contributed by atoms with van der Waals surface area (Å²) in [6.45, 7) is 7.16. The van der Waals surface area contributed by atoms with E-state index in [0.717, 1.165) is 0 Å². The molecule has 0 aliphatic carbocycles. The third-order valence-electron chi connectivity index (χ3n) is 4.72. The van der Waals surface area contributed by atoms with Gasteiger partial charge in [0, 0.05) is 7.11 Å². The largest absolute Gasteiger partial charge is 0.493 e. The molecule has 2 heterocycles. The van der Waals surface area contributed by atoms with Gasteiger partial charge >= 0.3 is 5.17 Å². The van der Waals surface area contributed by atoms with Crippen LogP contribution in [0, 0.1) is 0 Å². The van der Waals surface area contributed by atoms with Crippen LogP contribution in [0.4, 0.5) is 0 Å². The zero-order valence-corrected chi connectivity index (χ0v) is 16.9. The number of amides is 1. The highest BCUT2D eigenvalue weighted by atomic mass is 32.2. The number of fused-ring (bicyclic) bond motifs is 1. The van der Waals surface area contributed by atoms with E-state index in [1.54, 1.807) is 31.0 Å². The summed E-state index contributed by atoms with van der Waals surface area (Å²) < 4.78 is 16.7. The van der Waals surface area contributed by atoms with Gasteiger partial charge in [0.25, 0.3) is 5.91 Å². The Balaban J connectivity index is 1.96.